The molecule has 2 aliphatic heterocycles. The number of ether oxygens (including phenoxy) is 2. The van der Waals surface area contributed by atoms with Gasteiger partial charge in [0.05, 0.1) is 25.3 Å². The number of fused-ring (bicyclic) bond motifs is 5. The molecule has 0 radical (unpaired) electrons. The fraction of sp³-hybridized carbons (Fsp3) is 0.517. The zero-order chi connectivity index (χ0) is 23.7. The molecule has 1 amide bonds. The van der Waals surface area contributed by atoms with E-state index in [1.807, 2.05) is 17.0 Å². The Labute approximate surface area is 202 Å². The summed E-state index contributed by atoms with van der Waals surface area (Å²) in [5.74, 6) is 1.05. The molecule has 0 N–H and O–H groups in total. The number of morpholine rings is 1. The third kappa shape index (κ3) is 4.50. The fourth-order valence-electron chi connectivity index (χ4n) is 6.03. The molecule has 2 aromatic rings. The maximum absolute atomic E-state index is 13.3. The van der Waals surface area contributed by atoms with Crippen LogP contribution in [0.2, 0.25) is 0 Å². The van der Waals surface area contributed by atoms with Crippen LogP contribution < -0.4 is 0 Å². The largest absolute Gasteiger partial charge is 0.448 e. The molecule has 2 aromatic carbocycles. The predicted molar refractivity (Wildman–Crippen MR) is 132 cm³/mol. The third-order valence-electron chi connectivity index (χ3n) is 7.73. The summed E-state index contributed by atoms with van der Waals surface area (Å²) in [4.78, 5) is 28.0. The van der Waals surface area contributed by atoms with E-state index >= 15 is 0 Å². The van der Waals surface area contributed by atoms with Gasteiger partial charge >= 0.3 is 6.09 Å². The Morgan fingerprint density at radius 1 is 0.971 bits per heavy atom. The highest BCUT2D eigenvalue weighted by molar-refractivity contribution is 5.82. The molecule has 5 nitrogen and oxygen atoms in total. The molecular weight excluding hydrogens is 426 g/mol. The summed E-state index contributed by atoms with van der Waals surface area (Å²) in [5.41, 5.74) is 4.87. The molecule has 0 saturated carbocycles. The maximum atomic E-state index is 13.3. The molecule has 34 heavy (non-hydrogen) atoms. The van der Waals surface area contributed by atoms with Crippen LogP contribution in [-0.4, -0.2) is 48.7 Å². The van der Waals surface area contributed by atoms with Crippen molar-refractivity contribution in [3.63, 3.8) is 0 Å². The number of hydrogen-bond acceptors (Lipinski definition) is 4. The van der Waals surface area contributed by atoms with Gasteiger partial charge in [-0.1, -0.05) is 68.8 Å². The Morgan fingerprint density at radius 2 is 1.56 bits per heavy atom. The first-order valence-corrected chi connectivity index (χ1v) is 12.8. The topological polar surface area (TPSA) is 55.8 Å². The Hall–Kier alpha value is -2.66. The number of rotatable bonds is 7. The number of piperidine rings is 1. The van der Waals surface area contributed by atoms with Crippen molar-refractivity contribution >= 4 is 11.9 Å². The molecule has 2 bridgehead atoms. The lowest BCUT2D eigenvalue weighted by atomic mass is 9.81. The lowest BCUT2D eigenvalue weighted by molar-refractivity contribution is -0.131. The van der Waals surface area contributed by atoms with Crippen LogP contribution in [0.1, 0.15) is 63.0 Å². The first kappa shape index (κ1) is 23.1. The Morgan fingerprint density at radius 3 is 2.15 bits per heavy atom. The van der Waals surface area contributed by atoms with Crippen molar-refractivity contribution in [1.29, 1.82) is 0 Å². The quantitative estimate of drug-likeness (QED) is 0.522. The van der Waals surface area contributed by atoms with Crippen molar-refractivity contribution in [2.24, 2.45) is 11.8 Å². The average molecular weight is 462 g/mol. The normalized spacial score (nSPS) is 23.5. The standard InChI is InChI=1S/C29H35NO4/c1-19(2)8-7-13-28(31)20-14-21-16-33-17-22(15-20)30(21)29(32)34-18-27-25-11-5-3-9-23(25)24-10-4-6-12-26(24)27/h3-6,9-12,19-22,27H,7-8,13-18H2,1-2H3. The smallest absolute Gasteiger partial charge is 0.410 e. The van der Waals surface area contributed by atoms with Crippen LogP contribution in [0.3, 0.4) is 0 Å². The number of nitrogens with zero attached hydrogens (tertiary/aromatic N) is 1. The van der Waals surface area contributed by atoms with Crippen molar-refractivity contribution < 1.29 is 19.1 Å². The lowest BCUT2D eigenvalue weighted by Gasteiger charge is -2.47. The van der Waals surface area contributed by atoms with Crippen molar-refractivity contribution in [1.82, 2.24) is 4.90 Å². The maximum Gasteiger partial charge on any atom is 0.410 e. The summed E-state index contributed by atoms with van der Waals surface area (Å²) < 4.78 is 11.7. The number of benzene rings is 2. The van der Waals surface area contributed by atoms with Crippen LogP contribution >= 0.6 is 0 Å². The van der Waals surface area contributed by atoms with E-state index in [9.17, 15) is 9.59 Å². The third-order valence-corrected chi connectivity index (χ3v) is 7.73. The highest BCUT2D eigenvalue weighted by Gasteiger charge is 2.44. The summed E-state index contributed by atoms with van der Waals surface area (Å²) >= 11 is 0. The minimum atomic E-state index is -0.272. The first-order valence-electron chi connectivity index (χ1n) is 12.8. The average Bonchev–Trinajstić information content (AvgIpc) is 3.15. The summed E-state index contributed by atoms with van der Waals surface area (Å²) in [7, 11) is 0. The molecular formula is C29H35NO4. The van der Waals surface area contributed by atoms with Crippen LogP contribution in [0, 0.1) is 11.8 Å². The second-order valence-corrected chi connectivity index (χ2v) is 10.5. The SMILES string of the molecule is CC(C)CCCC(=O)C1CC2COCC(C1)N2C(=O)OCC1c2ccccc2-c2ccccc21. The van der Waals surface area contributed by atoms with E-state index in [2.05, 4.69) is 50.2 Å². The minimum absolute atomic E-state index is 0.0312. The molecule has 2 unspecified atom stereocenters. The number of ketones is 1. The van der Waals surface area contributed by atoms with Crippen molar-refractivity contribution in [2.45, 2.75) is 64.0 Å². The Balaban J connectivity index is 1.23. The van der Waals surface area contributed by atoms with E-state index in [0.29, 0.717) is 50.8 Å². The van der Waals surface area contributed by atoms with Crippen LogP contribution in [0.4, 0.5) is 4.79 Å². The van der Waals surface area contributed by atoms with Gasteiger partial charge in [-0.05, 0) is 47.4 Å². The number of amides is 1. The molecule has 2 fully saturated rings. The Kier molecular flexibility index (Phi) is 6.73. The first-order chi connectivity index (χ1) is 16.5. The zero-order valence-corrected chi connectivity index (χ0v) is 20.2. The fourth-order valence-corrected chi connectivity index (χ4v) is 6.03. The van der Waals surface area contributed by atoms with Crippen LogP contribution in [0.5, 0.6) is 0 Å². The zero-order valence-electron chi connectivity index (χ0n) is 20.2. The van der Waals surface area contributed by atoms with E-state index < -0.39 is 0 Å². The van der Waals surface area contributed by atoms with E-state index in [4.69, 9.17) is 9.47 Å². The number of carbonyl (C=O) groups is 2. The molecule has 2 heterocycles. The van der Waals surface area contributed by atoms with Gasteiger partial charge in [-0.3, -0.25) is 9.69 Å². The Bertz CT molecular complexity index is 988. The molecule has 1 aliphatic carbocycles. The number of carbonyl (C=O) groups excluding carboxylic acids is 2. The highest BCUT2D eigenvalue weighted by atomic mass is 16.6. The van der Waals surface area contributed by atoms with Gasteiger partial charge in [-0.15, -0.1) is 0 Å². The van der Waals surface area contributed by atoms with E-state index in [0.717, 1.165) is 12.8 Å². The molecule has 180 valence electrons. The van der Waals surface area contributed by atoms with Gasteiger partial charge < -0.3 is 9.47 Å². The lowest BCUT2D eigenvalue weighted by Crippen LogP contribution is -2.60. The molecule has 0 aromatic heterocycles. The second kappa shape index (κ2) is 9.91. The van der Waals surface area contributed by atoms with Gasteiger partial charge in [0.15, 0.2) is 0 Å². The number of Topliss-reactive ketones (excluding diaryl/α,β-unsaturated/α-hetero) is 1. The summed E-state index contributed by atoms with van der Waals surface area (Å²) in [5, 5.41) is 0. The van der Waals surface area contributed by atoms with Gasteiger partial charge in [0.1, 0.15) is 12.4 Å². The van der Waals surface area contributed by atoms with Crippen LogP contribution in [0.15, 0.2) is 48.5 Å². The van der Waals surface area contributed by atoms with E-state index in [-0.39, 0.29) is 30.0 Å². The molecule has 0 spiro atoms. The van der Waals surface area contributed by atoms with Gasteiger partial charge in [0, 0.05) is 18.3 Å². The highest BCUT2D eigenvalue weighted by Crippen LogP contribution is 2.44. The van der Waals surface area contributed by atoms with Gasteiger partial charge in [-0.2, -0.15) is 0 Å². The van der Waals surface area contributed by atoms with E-state index in [1.165, 1.54) is 22.3 Å². The van der Waals surface area contributed by atoms with Gasteiger partial charge in [-0.25, -0.2) is 4.79 Å². The van der Waals surface area contributed by atoms with E-state index in [1.54, 1.807) is 0 Å². The molecule has 5 rings (SSSR count). The molecule has 5 heteroatoms. The second-order valence-electron chi connectivity index (χ2n) is 10.5. The van der Waals surface area contributed by atoms with Gasteiger partial charge in [0.25, 0.3) is 0 Å². The van der Waals surface area contributed by atoms with Crippen molar-refractivity contribution in [3.05, 3.63) is 59.7 Å². The predicted octanol–water partition coefficient (Wildman–Crippen LogP) is 5.81. The van der Waals surface area contributed by atoms with Crippen molar-refractivity contribution in [2.75, 3.05) is 19.8 Å². The molecule has 2 atom stereocenters. The summed E-state index contributed by atoms with van der Waals surface area (Å²) in [6.07, 6.45) is 3.78. The number of hydrogen-bond donors (Lipinski definition) is 0. The minimum Gasteiger partial charge on any atom is -0.448 e. The molecule has 3 aliphatic rings. The summed E-state index contributed by atoms with van der Waals surface area (Å²) in [6, 6.07) is 16.6. The van der Waals surface area contributed by atoms with Crippen LogP contribution in [-0.2, 0) is 14.3 Å². The van der Waals surface area contributed by atoms with Crippen LogP contribution in [0.25, 0.3) is 11.1 Å². The van der Waals surface area contributed by atoms with Gasteiger partial charge in [0.2, 0.25) is 0 Å². The molecule has 2 saturated heterocycles. The monoisotopic (exact) mass is 461 g/mol. The summed E-state index contributed by atoms with van der Waals surface area (Å²) in [6.45, 7) is 5.67. The van der Waals surface area contributed by atoms with Crippen molar-refractivity contribution in [3.8, 4) is 11.1 Å².